The molecule has 1 aromatic heterocycles. The highest BCUT2D eigenvalue weighted by atomic mass is 35.5. The van der Waals surface area contributed by atoms with Gasteiger partial charge in [-0.2, -0.15) is 4.98 Å². The van der Waals surface area contributed by atoms with Crippen LogP contribution in [0.15, 0.2) is 22.7 Å². The molecule has 1 aliphatic heterocycles. The average Bonchev–Trinajstić information content (AvgIpc) is 2.77. The van der Waals surface area contributed by atoms with Gasteiger partial charge in [0.2, 0.25) is 0 Å². The molecule has 0 aliphatic carbocycles. The standard InChI is InChI=1S/C14H15ClFN3O/c15-9-5-6-11(16)10(8-9)14-18-13(19-20-14)12-4-2-1-3-7-17-12/h5-6,8,12,17H,1-4,7H2. The third kappa shape index (κ3) is 2.83. The van der Waals surface area contributed by atoms with Crippen LogP contribution in [0, 0.1) is 5.82 Å². The maximum Gasteiger partial charge on any atom is 0.261 e. The molecule has 3 rings (SSSR count). The molecule has 0 radical (unpaired) electrons. The number of nitrogens with zero attached hydrogens (tertiary/aromatic N) is 2. The second-order valence-electron chi connectivity index (χ2n) is 4.94. The molecule has 1 atom stereocenters. The first kappa shape index (κ1) is 13.5. The molecule has 1 N–H and O–H groups in total. The van der Waals surface area contributed by atoms with Crippen molar-refractivity contribution in [1.29, 1.82) is 0 Å². The zero-order valence-corrected chi connectivity index (χ0v) is 11.7. The van der Waals surface area contributed by atoms with Crippen molar-refractivity contribution in [3.8, 4) is 11.5 Å². The van der Waals surface area contributed by atoms with Crippen LogP contribution in [0.4, 0.5) is 4.39 Å². The van der Waals surface area contributed by atoms with Crippen LogP contribution in [0.3, 0.4) is 0 Å². The summed E-state index contributed by atoms with van der Waals surface area (Å²) in [7, 11) is 0. The van der Waals surface area contributed by atoms with E-state index in [1.807, 2.05) is 0 Å². The minimum atomic E-state index is -0.418. The second-order valence-corrected chi connectivity index (χ2v) is 5.37. The van der Waals surface area contributed by atoms with Gasteiger partial charge in [0, 0.05) is 5.02 Å². The van der Waals surface area contributed by atoms with Gasteiger partial charge in [0.1, 0.15) is 5.82 Å². The Bertz CT molecular complexity index is 594. The van der Waals surface area contributed by atoms with Gasteiger partial charge in [0.05, 0.1) is 11.6 Å². The highest BCUT2D eigenvalue weighted by Crippen LogP contribution is 2.27. The minimum Gasteiger partial charge on any atom is -0.334 e. The zero-order chi connectivity index (χ0) is 13.9. The highest BCUT2D eigenvalue weighted by Gasteiger charge is 2.21. The van der Waals surface area contributed by atoms with Crippen LogP contribution in [-0.4, -0.2) is 16.7 Å². The fourth-order valence-corrected chi connectivity index (χ4v) is 2.57. The summed E-state index contributed by atoms with van der Waals surface area (Å²) in [6.45, 7) is 0.945. The Morgan fingerprint density at radius 3 is 3.10 bits per heavy atom. The third-order valence-electron chi connectivity index (χ3n) is 3.47. The lowest BCUT2D eigenvalue weighted by atomic mass is 10.1. The Hall–Kier alpha value is -1.46. The van der Waals surface area contributed by atoms with E-state index in [1.165, 1.54) is 24.6 Å². The summed E-state index contributed by atoms with van der Waals surface area (Å²) in [5.74, 6) is 0.339. The van der Waals surface area contributed by atoms with E-state index in [-0.39, 0.29) is 17.5 Å². The molecule has 0 spiro atoms. The van der Waals surface area contributed by atoms with Gasteiger partial charge < -0.3 is 9.84 Å². The van der Waals surface area contributed by atoms with Gasteiger partial charge in [-0.05, 0) is 37.6 Å². The van der Waals surface area contributed by atoms with Crippen LogP contribution in [0.2, 0.25) is 5.02 Å². The van der Waals surface area contributed by atoms with Gasteiger partial charge in [-0.1, -0.05) is 29.6 Å². The SMILES string of the molecule is Fc1ccc(Cl)cc1-c1nc(C2CCCCCN2)no1. The number of nitrogens with one attached hydrogen (secondary N) is 1. The average molecular weight is 296 g/mol. The summed E-state index contributed by atoms with van der Waals surface area (Å²) in [4.78, 5) is 4.31. The molecule has 0 saturated carbocycles. The van der Waals surface area contributed by atoms with E-state index in [1.54, 1.807) is 0 Å². The fourth-order valence-electron chi connectivity index (χ4n) is 2.40. The Morgan fingerprint density at radius 2 is 2.20 bits per heavy atom. The predicted octanol–water partition coefficient (Wildman–Crippen LogP) is 3.73. The van der Waals surface area contributed by atoms with Crippen LogP contribution >= 0.6 is 11.6 Å². The first-order chi connectivity index (χ1) is 9.74. The molecule has 2 aromatic rings. The van der Waals surface area contributed by atoms with Crippen molar-refractivity contribution < 1.29 is 8.91 Å². The highest BCUT2D eigenvalue weighted by molar-refractivity contribution is 6.30. The van der Waals surface area contributed by atoms with Gasteiger partial charge in [0.15, 0.2) is 5.82 Å². The van der Waals surface area contributed by atoms with Crippen LogP contribution in [0.25, 0.3) is 11.5 Å². The number of hydrogen-bond acceptors (Lipinski definition) is 4. The van der Waals surface area contributed by atoms with Gasteiger partial charge in [-0.15, -0.1) is 0 Å². The van der Waals surface area contributed by atoms with Crippen LogP contribution < -0.4 is 5.32 Å². The molecule has 1 saturated heterocycles. The first-order valence-electron chi connectivity index (χ1n) is 6.76. The Labute approximate surface area is 121 Å². The van der Waals surface area contributed by atoms with Crippen molar-refractivity contribution in [2.75, 3.05) is 6.54 Å². The van der Waals surface area contributed by atoms with E-state index in [0.29, 0.717) is 10.8 Å². The Kier molecular flexibility index (Phi) is 3.98. The molecule has 1 aromatic carbocycles. The molecule has 1 aliphatic rings. The smallest absolute Gasteiger partial charge is 0.261 e. The summed E-state index contributed by atoms with van der Waals surface area (Å²) < 4.78 is 19.0. The quantitative estimate of drug-likeness (QED) is 0.917. The molecule has 6 heteroatoms. The molecule has 1 unspecified atom stereocenters. The zero-order valence-electron chi connectivity index (χ0n) is 10.9. The molecule has 0 bridgehead atoms. The molecule has 0 amide bonds. The predicted molar refractivity (Wildman–Crippen MR) is 73.9 cm³/mol. The van der Waals surface area contributed by atoms with Crippen molar-refractivity contribution in [1.82, 2.24) is 15.5 Å². The normalized spacial score (nSPS) is 19.8. The molecule has 1 fully saturated rings. The van der Waals surface area contributed by atoms with Crippen molar-refractivity contribution >= 4 is 11.6 Å². The maximum atomic E-state index is 13.8. The van der Waals surface area contributed by atoms with Crippen molar-refractivity contribution in [3.05, 3.63) is 34.9 Å². The molecule has 2 heterocycles. The van der Waals surface area contributed by atoms with E-state index in [9.17, 15) is 4.39 Å². The number of aromatic nitrogens is 2. The molecular formula is C14H15ClFN3O. The maximum absolute atomic E-state index is 13.8. The van der Waals surface area contributed by atoms with Crippen molar-refractivity contribution in [2.45, 2.75) is 31.7 Å². The lowest BCUT2D eigenvalue weighted by Gasteiger charge is -2.09. The van der Waals surface area contributed by atoms with E-state index in [2.05, 4.69) is 15.5 Å². The van der Waals surface area contributed by atoms with Gasteiger partial charge in [0.25, 0.3) is 5.89 Å². The number of halogens is 2. The van der Waals surface area contributed by atoms with E-state index in [0.717, 1.165) is 25.8 Å². The van der Waals surface area contributed by atoms with Gasteiger partial charge in [-0.25, -0.2) is 4.39 Å². The minimum absolute atomic E-state index is 0.0808. The Morgan fingerprint density at radius 1 is 1.30 bits per heavy atom. The lowest BCUT2D eigenvalue weighted by molar-refractivity contribution is 0.401. The van der Waals surface area contributed by atoms with Crippen LogP contribution in [-0.2, 0) is 0 Å². The van der Waals surface area contributed by atoms with E-state index in [4.69, 9.17) is 16.1 Å². The topological polar surface area (TPSA) is 51.0 Å². The van der Waals surface area contributed by atoms with Gasteiger partial charge >= 0.3 is 0 Å². The van der Waals surface area contributed by atoms with Crippen molar-refractivity contribution in [2.24, 2.45) is 0 Å². The first-order valence-corrected chi connectivity index (χ1v) is 7.14. The monoisotopic (exact) mass is 295 g/mol. The summed E-state index contributed by atoms with van der Waals surface area (Å²) in [5.41, 5.74) is 0.241. The third-order valence-corrected chi connectivity index (χ3v) is 3.71. The molecular weight excluding hydrogens is 281 g/mol. The largest absolute Gasteiger partial charge is 0.334 e. The van der Waals surface area contributed by atoms with Crippen molar-refractivity contribution in [3.63, 3.8) is 0 Å². The number of rotatable bonds is 2. The Balaban J connectivity index is 1.87. The summed E-state index contributed by atoms with van der Waals surface area (Å²) in [5, 5.41) is 7.79. The van der Waals surface area contributed by atoms with Gasteiger partial charge in [-0.3, -0.25) is 0 Å². The number of benzene rings is 1. The molecule has 106 valence electrons. The van der Waals surface area contributed by atoms with Crippen LogP contribution in [0.5, 0.6) is 0 Å². The lowest BCUT2D eigenvalue weighted by Crippen LogP contribution is -2.21. The summed E-state index contributed by atoms with van der Waals surface area (Å²) >= 11 is 5.87. The fraction of sp³-hybridized carbons (Fsp3) is 0.429. The van der Waals surface area contributed by atoms with Crippen LogP contribution in [0.1, 0.15) is 37.5 Å². The summed E-state index contributed by atoms with van der Waals surface area (Å²) in [6.07, 6.45) is 4.46. The molecule has 4 nitrogen and oxygen atoms in total. The second kappa shape index (κ2) is 5.89. The van der Waals surface area contributed by atoms with E-state index < -0.39 is 5.82 Å². The van der Waals surface area contributed by atoms with E-state index >= 15 is 0 Å². The number of hydrogen-bond donors (Lipinski definition) is 1. The molecule has 20 heavy (non-hydrogen) atoms. The summed E-state index contributed by atoms with van der Waals surface area (Å²) in [6, 6.07) is 4.36.